The smallest absolute Gasteiger partial charge is 0.255 e. The van der Waals surface area contributed by atoms with E-state index in [2.05, 4.69) is 15.9 Å². The lowest BCUT2D eigenvalue weighted by Crippen LogP contribution is -2.41. The van der Waals surface area contributed by atoms with E-state index in [1.54, 1.807) is 25.3 Å². The molecule has 1 aromatic carbocycles. The minimum atomic E-state index is 0.00711. The van der Waals surface area contributed by atoms with Gasteiger partial charge in [-0.1, -0.05) is 0 Å². The van der Waals surface area contributed by atoms with Gasteiger partial charge in [-0.3, -0.25) is 4.79 Å². The zero-order valence-electron chi connectivity index (χ0n) is 10.9. The number of nitrogens with zero attached hydrogens (tertiary/aromatic N) is 1. The molecule has 4 nitrogen and oxygen atoms in total. The number of aliphatic hydroxyl groups is 1. The second-order valence-electron chi connectivity index (χ2n) is 4.79. The first kappa shape index (κ1) is 14.3. The molecule has 0 bridgehead atoms. The quantitative estimate of drug-likeness (QED) is 0.926. The molecule has 1 unspecified atom stereocenters. The van der Waals surface area contributed by atoms with Gasteiger partial charge in [0.15, 0.2) is 0 Å². The number of ether oxygens (including phenoxy) is 1. The fourth-order valence-electron chi connectivity index (χ4n) is 2.37. The molecule has 1 aliphatic heterocycles. The number of benzene rings is 1. The number of carbonyl (C=O) groups is 1. The van der Waals surface area contributed by atoms with E-state index in [0.717, 1.165) is 29.6 Å². The van der Waals surface area contributed by atoms with Crippen LogP contribution in [0.15, 0.2) is 22.7 Å². The molecule has 1 aromatic rings. The van der Waals surface area contributed by atoms with Crippen molar-refractivity contribution in [3.05, 3.63) is 28.2 Å². The Morgan fingerprint density at radius 1 is 1.58 bits per heavy atom. The summed E-state index contributed by atoms with van der Waals surface area (Å²) >= 11 is 3.41. The topological polar surface area (TPSA) is 49.8 Å². The van der Waals surface area contributed by atoms with Crippen LogP contribution in [0.25, 0.3) is 0 Å². The molecule has 19 heavy (non-hydrogen) atoms. The van der Waals surface area contributed by atoms with Crippen molar-refractivity contribution in [2.45, 2.75) is 12.8 Å². The first-order valence-electron chi connectivity index (χ1n) is 6.39. The van der Waals surface area contributed by atoms with E-state index in [4.69, 9.17) is 4.74 Å². The highest BCUT2D eigenvalue weighted by molar-refractivity contribution is 9.10. The van der Waals surface area contributed by atoms with E-state index < -0.39 is 0 Å². The van der Waals surface area contributed by atoms with Crippen LogP contribution in [0.5, 0.6) is 5.75 Å². The Morgan fingerprint density at radius 2 is 2.37 bits per heavy atom. The van der Waals surface area contributed by atoms with E-state index in [-0.39, 0.29) is 18.4 Å². The van der Waals surface area contributed by atoms with Crippen molar-refractivity contribution >= 4 is 21.8 Å². The third-order valence-corrected chi connectivity index (χ3v) is 4.13. The van der Waals surface area contributed by atoms with Crippen LogP contribution in [0, 0.1) is 5.92 Å². The maximum atomic E-state index is 12.5. The van der Waals surface area contributed by atoms with Crippen LogP contribution in [-0.2, 0) is 0 Å². The summed E-state index contributed by atoms with van der Waals surface area (Å²) in [6.45, 7) is 1.54. The molecule has 1 aliphatic rings. The molecule has 2 rings (SSSR count). The Balaban J connectivity index is 2.15. The maximum Gasteiger partial charge on any atom is 0.255 e. The molecule has 0 saturated carbocycles. The molecular formula is C14H18BrNO3. The van der Waals surface area contributed by atoms with E-state index in [9.17, 15) is 9.90 Å². The van der Waals surface area contributed by atoms with Crippen molar-refractivity contribution in [2.75, 3.05) is 26.8 Å². The zero-order chi connectivity index (χ0) is 13.8. The minimum Gasteiger partial charge on any atom is -0.497 e. The molecule has 0 spiro atoms. The molecule has 5 heteroatoms. The summed E-state index contributed by atoms with van der Waals surface area (Å²) < 4.78 is 5.86. The third-order valence-electron chi connectivity index (χ3n) is 3.47. The summed E-state index contributed by atoms with van der Waals surface area (Å²) in [5.74, 6) is 0.928. The van der Waals surface area contributed by atoms with Crippen molar-refractivity contribution in [2.24, 2.45) is 5.92 Å². The monoisotopic (exact) mass is 327 g/mol. The Bertz CT molecular complexity index is 464. The first-order valence-corrected chi connectivity index (χ1v) is 7.18. The Hall–Kier alpha value is -1.07. The predicted octanol–water partition coefficient (Wildman–Crippen LogP) is 2.30. The molecule has 0 radical (unpaired) electrons. The average Bonchev–Trinajstić information content (AvgIpc) is 2.46. The summed E-state index contributed by atoms with van der Waals surface area (Å²) in [6, 6.07) is 5.35. The van der Waals surface area contributed by atoms with Crippen molar-refractivity contribution in [3.8, 4) is 5.75 Å². The van der Waals surface area contributed by atoms with Crippen molar-refractivity contribution in [1.82, 2.24) is 4.90 Å². The summed E-state index contributed by atoms with van der Waals surface area (Å²) in [6.07, 6.45) is 1.94. The van der Waals surface area contributed by atoms with Crippen LogP contribution in [0.1, 0.15) is 23.2 Å². The first-order chi connectivity index (χ1) is 9.15. The van der Waals surface area contributed by atoms with E-state index in [1.807, 2.05) is 4.90 Å². The standard InChI is InChI=1S/C14H18BrNO3/c1-19-11-4-5-12(13(15)7-11)14(18)16-6-2-3-10(8-16)9-17/h4-5,7,10,17H,2-3,6,8-9H2,1H3. The molecule has 1 N–H and O–H groups in total. The van der Waals surface area contributed by atoms with Crippen LogP contribution in [0.2, 0.25) is 0 Å². The average molecular weight is 328 g/mol. The third kappa shape index (κ3) is 3.28. The minimum absolute atomic E-state index is 0.00711. The van der Waals surface area contributed by atoms with Gasteiger partial charge < -0.3 is 14.7 Å². The molecule has 0 aliphatic carbocycles. The van der Waals surface area contributed by atoms with Crippen molar-refractivity contribution in [1.29, 1.82) is 0 Å². The lowest BCUT2D eigenvalue weighted by atomic mass is 9.98. The van der Waals surface area contributed by atoms with Gasteiger partial charge in [0.25, 0.3) is 5.91 Å². The number of methoxy groups -OCH3 is 1. The predicted molar refractivity (Wildman–Crippen MR) is 76.4 cm³/mol. The number of likely N-dealkylation sites (tertiary alicyclic amines) is 1. The summed E-state index contributed by atoms with van der Waals surface area (Å²) in [4.78, 5) is 14.3. The van der Waals surface area contributed by atoms with Crippen LogP contribution in [0.3, 0.4) is 0 Å². The lowest BCUT2D eigenvalue weighted by Gasteiger charge is -2.32. The van der Waals surface area contributed by atoms with Gasteiger partial charge in [0.05, 0.1) is 12.7 Å². The Morgan fingerprint density at radius 3 is 3.00 bits per heavy atom. The number of hydrogen-bond acceptors (Lipinski definition) is 3. The summed E-state index contributed by atoms with van der Waals surface area (Å²) in [5.41, 5.74) is 0.638. The van der Waals surface area contributed by atoms with Gasteiger partial charge in [-0.2, -0.15) is 0 Å². The number of aliphatic hydroxyl groups excluding tert-OH is 1. The fraction of sp³-hybridized carbons (Fsp3) is 0.500. The van der Waals surface area contributed by atoms with Gasteiger partial charge in [-0.05, 0) is 52.9 Å². The number of halogens is 1. The Kier molecular flexibility index (Phi) is 4.82. The van der Waals surface area contributed by atoms with Crippen molar-refractivity contribution in [3.63, 3.8) is 0 Å². The van der Waals surface area contributed by atoms with Gasteiger partial charge >= 0.3 is 0 Å². The molecule has 0 aromatic heterocycles. The van der Waals surface area contributed by atoms with Crippen LogP contribution in [0.4, 0.5) is 0 Å². The highest BCUT2D eigenvalue weighted by atomic mass is 79.9. The molecule has 1 saturated heterocycles. The number of hydrogen-bond donors (Lipinski definition) is 1. The van der Waals surface area contributed by atoms with Gasteiger partial charge in [0, 0.05) is 24.2 Å². The fourth-order valence-corrected chi connectivity index (χ4v) is 2.89. The van der Waals surface area contributed by atoms with E-state index in [0.29, 0.717) is 12.1 Å². The van der Waals surface area contributed by atoms with Crippen LogP contribution in [-0.4, -0.2) is 42.7 Å². The summed E-state index contributed by atoms with van der Waals surface area (Å²) in [5, 5.41) is 9.22. The number of rotatable bonds is 3. The van der Waals surface area contributed by atoms with Crippen molar-refractivity contribution < 1.29 is 14.6 Å². The largest absolute Gasteiger partial charge is 0.497 e. The second kappa shape index (κ2) is 6.39. The molecule has 1 heterocycles. The van der Waals surface area contributed by atoms with Gasteiger partial charge in [-0.15, -0.1) is 0 Å². The number of amides is 1. The zero-order valence-corrected chi connectivity index (χ0v) is 12.5. The summed E-state index contributed by atoms with van der Waals surface area (Å²) in [7, 11) is 1.60. The lowest BCUT2D eigenvalue weighted by molar-refractivity contribution is 0.0620. The molecule has 1 amide bonds. The van der Waals surface area contributed by atoms with Gasteiger partial charge in [0.1, 0.15) is 5.75 Å². The molecular weight excluding hydrogens is 310 g/mol. The molecule has 1 atom stereocenters. The van der Waals surface area contributed by atoms with Crippen LogP contribution >= 0.6 is 15.9 Å². The highest BCUT2D eigenvalue weighted by Crippen LogP contribution is 2.26. The van der Waals surface area contributed by atoms with Crippen LogP contribution < -0.4 is 4.74 Å². The van der Waals surface area contributed by atoms with E-state index in [1.165, 1.54) is 0 Å². The molecule has 104 valence electrons. The van der Waals surface area contributed by atoms with Gasteiger partial charge in [-0.25, -0.2) is 0 Å². The van der Waals surface area contributed by atoms with Gasteiger partial charge in [0.2, 0.25) is 0 Å². The maximum absolute atomic E-state index is 12.5. The van der Waals surface area contributed by atoms with E-state index >= 15 is 0 Å². The SMILES string of the molecule is COc1ccc(C(=O)N2CCCC(CO)C2)c(Br)c1. The number of carbonyl (C=O) groups excluding carboxylic acids is 1. The number of piperidine rings is 1. The normalized spacial score (nSPS) is 19.3. The highest BCUT2D eigenvalue weighted by Gasteiger charge is 2.25. The Labute approximate surface area is 121 Å². The second-order valence-corrected chi connectivity index (χ2v) is 5.64. The molecule has 1 fully saturated rings.